The van der Waals surface area contributed by atoms with E-state index in [9.17, 15) is 4.79 Å². The average molecular weight is 358 g/mol. The molecule has 0 aliphatic carbocycles. The molecule has 0 radical (unpaired) electrons. The first-order chi connectivity index (χ1) is 12.6. The van der Waals surface area contributed by atoms with E-state index in [-0.39, 0.29) is 17.9 Å². The number of aromatic amines is 1. The van der Waals surface area contributed by atoms with E-state index < -0.39 is 0 Å². The number of nitrogens with one attached hydrogen (secondary N) is 1. The summed E-state index contributed by atoms with van der Waals surface area (Å²) in [5, 5.41) is 6.82. The van der Waals surface area contributed by atoms with E-state index in [4.69, 9.17) is 9.47 Å². The number of likely N-dealkylation sites (N-methyl/N-ethyl adjacent to an activating group) is 1. The normalized spacial score (nSPS) is 19.5. The van der Waals surface area contributed by atoms with Crippen molar-refractivity contribution < 1.29 is 14.3 Å². The topological polar surface area (TPSA) is 80.3 Å². The zero-order valence-electron chi connectivity index (χ0n) is 15.6. The number of hydrogen-bond donors (Lipinski definition) is 1. The third-order valence-corrected chi connectivity index (χ3v) is 5.00. The number of H-pyrrole nitrogens is 1. The summed E-state index contributed by atoms with van der Waals surface area (Å²) in [5.74, 6) is 1.86. The number of aryl methyl sites for hydroxylation is 1. The van der Waals surface area contributed by atoms with Crippen molar-refractivity contribution in [2.75, 3.05) is 26.8 Å². The minimum atomic E-state index is -0.0585. The number of carbonyl (C=O) groups is 1. The van der Waals surface area contributed by atoms with E-state index in [1.54, 1.807) is 11.9 Å². The van der Waals surface area contributed by atoms with Crippen molar-refractivity contribution in [2.24, 2.45) is 0 Å². The second-order valence-corrected chi connectivity index (χ2v) is 6.75. The molecule has 2 heterocycles. The first-order valence-corrected chi connectivity index (χ1v) is 8.96. The molecule has 7 heteroatoms. The van der Waals surface area contributed by atoms with E-state index in [0.717, 1.165) is 23.6 Å². The Balaban J connectivity index is 1.48. The Morgan fingerprint density at radius 1 is 1.42 bits per heavy atom. The summed E-state index contributed by atoms with van der Waals surface area (Å²) in [7, 11) is 1.80. The molecule has 1 aromatic carbocycles. The predicted octanol–water partition coefficient (Wildman–Crippen LogP) is 2.22. The Kier molecular flexibility index (Phi) is 5.88. The van der Waals surface area contributed by atoms with Crippen molar-refractivity contribution in [1.29, 1.82) is 0 Å². The number of aromatic nitrogens is 3. The zero-order chi connectivity index (χ0) is 18.5. The fourth-order valence-electron chi connectivity index (χ4n) is 3.23. The lowest BCUT2D eigenvalue weighted by molar-refractivity contribution is -0.131. The van der Waals surface area contributed by atoms with Gasteiger partial charge in [-0.15, -0.1) is 0 Å². The van der Waals surface area contributed by atoms with Gasteiger partial charge < -0.3 is 14.4 Å². The molecular weight excluding hydrogens is 332 g/mol. The fraction of sp³-hybridized carbons (Fsp3) is 0.526. The van der Waals surface area contributed by atoms with Crippen molar-refractivity contribution in [3.8, 4) is 5.75 Å². The molecule has 1 aliphatic rings. The standard InChI is InChI=1S/C19H26N4O3/c1-13-5-4-6-16(14(13)2)25-10-8-18(24)23(3)11-17-15(7-9-26-17)19-20-12-21-22-19/h4-6,12,15,17H,7-11H2,1-3H3,(H,20,21,22)/t15-,17-/m1/s1. The molecule has 0 saturated carbocycles. The smallest absolute Gasteiger partial charge is 0.225 e. The van der Waals surface area contributed by atoms with E-state index in [0.29, 0.717) is 26.2 Å². The van der Waals surface area contributed by atoms with Crippen LogP contribution in [0.2, 0.25) is 0 Å². The molecule has 2 atom stereocenters. The minimum Gasteiger partial charge on any atom is -0.493 e. The summed E-state index contributed by atoms with van der Waals surface area (Å²) in [6.45, 7) is 5.65. The molecule has 1 fully saturated rings. The van der Waals surface area contributed by atoms with Gasteiger partial charge in [-0.3, -0.25) is 9.89 Å². The van der Waals surface area contributed by atoms with Crippen molar-refractivity contribution in [3.05, 3.63) is 41.5 Å². The van der Waals surface area contributed by atoms with E-state index >= 15 is 0 Å². The van der Waals surface area contributed by atoms with Crippen LogP contribution in [0.3, 0.4) is 0 Å². The molecule has 1 N–H and O–H groups in total. The first-order valence-electron chi connectivity index (χ1n) is 8.96. The van der Waals surface area contributed by atoms with E-state index in [2.05, 4.69) is 15.2 Å². The predicted molar refractivity (Wildman–Crippen MR) is 97.1 cm³/mol. The highest BCUT2D eigenvalue weighted by Gasteiger charge is 2.33. The number of hydrogen-bond acceptors (Lipinski definition) is 5. The summed E-state index contributed by atoms with van der Waals surface area (Å²) in [4.78, 5) is 18.4. The van der Waals surface area contributed by atoms with Gasteiger partial charge in [-0.2, -0.15) is 5.10 Å². The van der Waals surface area contributed by atoms with Crippen LogP contribution in [-0.4, -0.2) is 58.9 Å². The van der Waals surface area contributed by atoms with Gasteiger partial charge in [0.05, 0.1) is 19.1 Å². The third-order valence-electron chi connectivity index (χ3n) is 5.00. The Hall–Kier alpha value is -2.41. The quantitative estimate of drug-likeness (QED) is 0.821. The van der Waals surface area contributed by atoms with Crippen molar-refractivity contribution >= 4 is 5.91 Å². The lowest BCUT2D eigenvalue weighted by Gasteiger charge is -2.24. The van der Waals surface area contributed by atoms with Crippen LogP contribution < -0.4 is 4.74 Å². The summed E-state index contributed by atoms with van der Waals surface area (Å²) < 4.78 is 11.6. The monoisotopic (exact) mass is 358 g/mol. The Morgan fingerprint density at radius 2 is 2.27 bits per heavy atom. The van der Waals surface area contributed by atoms with Crippen molar-refractivity contribution in [2.45, 2.75) is 38.7 Å². The Labute approximate surface area is 153 Å². The molecule has 7 nitrogen and oxygen atoms in total. The highest BCUT2D eigenvalue weighted by atomic mass is 16.5. The van der Waals surface area contributed by atoms with Gasteiger partial charge in [0, 0.05) is 26.1 Å². The third kappa shape index (κ3) is 4.22. The van der Waals surface area contributed by atoms with Gasteiger partial charge in [0.2, 0.25) is 5.91 Å². The zero-order valence-corrected chi connectivity index (χ0v) is 15.6. The number of benzene rings is 1. The molecule has 0 unspecified atom stereocenters. The molecule has 1 saturated heterocycles. The average Bonchev–Trinajstić information content (AvgIpc) is 3.29. The maximum atomic E-state index is 12.4. The largest absolute Gasteiger partial charge is 0.493 e. The fourth-order valence-corrected chi connectivity index (χ4v) is 3.23. The van der Waals surface area contributed by atoms with Crippen LogP contribution >= 0.6 is 0 Å². The maximum absolute atomic E-state index is 12.4. The number of rotatable bonds is 7. The van der Waals surface area contributed by atoms with Crippen LogP contribution in [0.1, 0.15) is 35.7 Å². The maximum Gasteiger partial charge on any atom is 0.225 e. The summed E-state index contributed by atoms with van der Waals surface area (Å²) in [5.41, 5.74) is 2.30. The molecule has 2 aromatic rings. The minimum absolute atomic E-state index is 0.0436. The first kappa shape index (κ1) is 18.4. The van der Waals surface area contributed by atoms with Gasteiger partial charge in [0.1, 0.15) is 17.9 Å². The van der Waals surface area contributed by atoms with Gasteiger partial charge in [-0.1, -0.05) is 12.1 Å². The van der Waals surface area contributed by atoms with E-state index in [1.165, 1.54) is 11.9 Å². The molecular formula is C19H26N4O3. The van der Waals surface area contributed by atoms with Crippen LogP contribution in [0, 0.1) is 13.8 Å². The molecule has 3 rings (SSSR count). The molecule has 0 bridgehead atoms. The molecule has 1 amide bonds. The Bertz CT molecular complexity index is 732. The van der Waals surface area contributed by atoms with Crippen molar-refractivity contribution in [1.82, 2.24) is 20.1 Å². The van der Waals surface area contributed by atoms with Crippen LogP contribution in [0.4, 0.5) is 0 Å². The van der Waals surface area contributed by atoms with Crippen LogP contribution in [0.25, 0.3) is 0 Å². The van der Waals surface area contributed by atoms with E-state index in [1.807, 2.05) is 32.0 Å². The number of amides is 1. The molecule has 0 spiro atoms. The highest BCUT2D eigenvalue weighted by Crippen LogP contribution is 2.29. The Morgan fingerprint density at radius 3 is 3.04 bits per heavy atom. The number of nitrogens with zero attached hydrogens (tertiary/aromatic N) is 3. The second kappa shape index (κ2) is 8.31. The lowest BCUT2D eigenvalue weighted by atomic mass is 10.0. The van der Waals surface area contributed by atoms with Gasteiger partial charge in [-0.25, -0.2) is 4.98 Å². The summed E-state index contributed by atoms with van der Waals surface area (Å²) >= 11 is 0. The molecule has 1 aromatic heterocycles. The van der Waals surface area contributed by atoms with Crippen LogP contribution in [-0.2, 0) is 9.53 Å². The van der Waals surface area contributed by atoms with Crippen LogP contribution in [0.5, 0.6) is 5.75 Å². The molecule has 1 aliphatic heterocycles. The van der Waals surface area contributed by atoms with Gasteiger partial charge in [0.25, 0.3) is 0 Å². The summed E-state index contributed by atoms with van der Waals surface area (Å²) in [6, 6.07) is 5.95. The van der Waals surface area contributed by atoms with Crippen molar-refractivity contribution in [3.63, 3.8) is 0 Å². The molecule has 26 heavy (non-hydrogen) atoms. The molecule has 140 valence electrons. The summed E-state index contributed by atoms with van der Waals surface area (Å²) in [6.07, 6.45) is 2.67. The second-order valence-electron chi connectivity index (χ2n) is 6.75. The van der Waals surface area contributed by atoms with Crippen LogP contribution in [0.15, 0.2) is 24.5 Å². The number of ether oxygens (including phenoxy) is 2. The van der Waals surface area contributed by atoms with Gasteiger partial charge in [-0.05, 0) is 37.5 Å². The SMILES string of the molecule is Cc1cccc(OCCC(=O)N(C)C[C@H]2OCC[C@H]2c2ncn[nH]2)c1C. The lowest BCUT2D eigenvalue weighted by Crippen LogP contribution is -2.37. The van der Waals surface area contributed by atoms with Gasteiger partial charge in [0.15, 0.2) is 0 Å². The highest BCUT2D eigenvalue weighted by molar-refractivity contribution is 5.76. The van der Waals surface area contributed by atoms with Gasteiger partial charge >= 0.3 is 0 Å². The number of carbonyl (C=O) groups excluding carboxylic acids is 1.